The molecule has 0 radical (unpaired) electrons. The number of hydrogen-bond acceptors (Lipinski definition) is 5. The second kappa shape index (κ2) is 8.17. The van der Waals surface area contributed by atoms with Crippen molar-refractivity contribution in [2.45, 2.75) is 32.7 Å². The Kier molecular flexibility index (Phi) is 5.45. The van der Waals surface area contributed by atoms with Gasteiger partial charge in [-0.1, -0.05) is 12.1 Å². The van der Waals surface area contributed by atoms with Gasteiger partial charge in [-0.25, -0.2) is 4.98 Å². The summed E-state index contributed by atoms with van der Waals surface area (Å²) in [5.41, 5.74) is 5.19. The van der Waals surface area contributed by atoms with Crippen molar-refractivity contribution in [3.63, 3.8) is 0 Å². The second-order valence-corrected chi connectivity index (χ2v) is 7.63. The molecule has 0 saturated carbocycles. The van der Waals surface area contributed by atoms with Gasteiger partial charge in [0, 0.05) is 31.3 Å². The van der Waals surface area contributed by atoms with Gasteiger partial charge in [-0.3, -0.25) is 14.7 Å². The third-order valence-corrected chi connectivity index (χ3v) is 5.82. The molecule has 0 aliphatic carbocycles. The molecule has 2 aromatic heterocycles. The number of ether oxygens (including phenoxy) is 1. The van der Waals surface area contributed by atoms with Crippen LogP contribution in [-0.2, 0) is 6.54 Å². The molecule has 0 spiro atoms. The summed E-state index contributed by atoms with van der Waals surface area (Å²) in [4.78, 5) is 26.5. The number of pyridine rings is 1. The summed E-state index contributed by atoms with van der Waals surface area (Å²) in [5.74, 6) is 1.72. The van der Waals surface area contributed by atoms with Crippen molar-refractivity contribution in [1.82, 2.24) is 19.9 Å². The number of aromatic amines is 1. The van der Waals surface area contributed by atoms with E-state index in [0.717, 1.165) is 37.5 Å². The van der Waals surface area contributed by atoms with Crippen LogP contribution >= 0.6 is 0 Å². The van der Waals surface area contributed by atoms with Crippen molar-refractivity contribution in [1.29, 1.82) is 0 Å². The molecule has 1 aromatic carbocycles. The molecule has 4 rings (SSSR count). The van der Waals surface area contributed by atoms with E-state index in [2.05, 4.69) is 34.8 Å². The topological polar surface area (TPSA) is 71.1 Å². The van der Waals surface area contributed by atoms with Crippen LogP contribution in [0.2, 0.25) is 0 Å². The Morgan fingerprint density at radius 1 is 1.21 bits per heavy atom. The Balaban J connectivity index is 1.51. The van der Waals surface area contributed by atoms with E-state index in [0.29, 0.717) is 11.5 Å². The fourth-order valence-electron chi connectivity index (χ4n) is 4.01. The highest BCUT2D eigenvalue weighted by Gasteiger charge is 2.26. The Morgan fingerprint density at radius 3 is 2.83 bits per heavy atom. The largest absolute Gasteiger partial charge is 0.496 e. The van der Waals surface area contributed by atoms with E-state index in [1.165, 1.54) is 16.7 Å². The fraction of sp³-hybridized carbons (Fsp3) is 0.348. The third kappa shape index (κ3) is 4.07. The third-order valence-electron chi connectivity index (χ3n) is 5.82. The second-order valence-electron chi connectivity index (χ2n) is 7.63. The van der Waals surface area contributed by atoms with Crippen LogP contribution in [0.4, 0.5) is 0 Å². The Labute approximate surface area is 170 Å². The van der Waals surface area contributed by atoms with Crippen LogP contribution in [0, 0.1) is 13.8 Å². The summed E-state index contributed by atoms with van der Waals surface area (Å²) >= 11 is 0. The van der Waals surface area contributed by atoms with Crippen molar-refractivity contribution >= 4 is 0 Å². The number of benzene rings is 1. The first-order valence-corrected chi connectivity index (χ1v) is 9.93. The normalized spacial score (nSPS) is 16.9. The van der Waals surface area contributed by atoms with E-state index in [9.17, 15) is 4.79 Å². The van der Waals surface area contributed by atoms with Gasteiger partial charge in [-0.15, -0.1) is 0 Å². The number of hydrogen-bond donors (Lipinski definition) is 1. The van der Waals surface area contributed by atoms with Gasteiger partial charge in [0.15, 0.2) is 5.82 Å². The average Bonchev–Trinajstić information content (AvgIpc) is 3.20. The Morgan fingerprint density at radius 2 is 2.07 bits per heavy atom. The van der Waals surface area contributed by atoms with Gasteiger partial charge in [0.2, 0.25) is 0 Å². The molecule has 0 bridgehead atoms. The highest BCUT2D eigenvalue weighted by Crippen LogP contribution is 2.30. The van der Waals surface area contributed by atoms with E-state index < -0.39 is 0 Å². The predicted molar refractivity (Wildman–Crippen MR) is 113 cm³/mol. The lowest BCUT2D eigenvalue weighted by Gasteiger charge is -2.19. The van der Waals surface area contributed by atoms with E-state index in [-0.39, 0.29) is 11.5 Å². The summed E-state index contributed by atoms with van der Waals surface area (Å²) in [6.45, 7) is 7.02. The maximum atomic E-state index is 12.2. The average molecular weight is 390 g/mol. The number of H-pyrrole nitrogens is 1. The standard InChI is InChI=1S/C23H26N4O2/c1-15-16(2)21(29-3)8-7-17(15)13-27-11-9-18(14-27)20-12-22(28)26-23(25-20)19-6-4-5-10-24-19/h4-8,10,12,18H,9,11,13-14H2,1-3H3,(H,25,26,28)/t18-/m0/s1. The maximum Gasteiger partial charge on any atom is 0.251 e. The van der Waals surface area contributed by atoms with E-state index in [1.807, 2.05) is 24.3 Å². The molecule has 1 fully saturated rings. The number of nitrogens with zero attached hydrogens (tertiary/aromatic N) is 3. The Bertz CT molecular complexity index is 1060. The lowest BCUT2D eigenvalue weighted by Crippen LogP contribution is -2.21. The smallest absolute Gasteiger partial charge is 0.251 e. The zero-order valence-corrected chi connectivity index (χ0v) is 17.1. The van der Waals surface area contributed by atoms with Crippen molar-refractivity contribution in [3.05, 3.63) is 75.3 Å². The first-order valence-electron chi connectivity index (χ1n) is 9.93. The van der Waals surface area contributed by atoms with Crippen molar-refractivity contribution in [3.8, 4) is 17.3 Å². The molecule has 29 heavy (non-hydrogen) atoms. The lowest BCUT2D eigenvalue weighted by molar-refractivity contribution is 0.325. The number of nitrogens with one attached hydrogen (secondary N) is 1. The molecule has 0 amide bonds. The van der Waals surface area contributed by atoms with Crippen molar-refractivity contribution < 1.29 is 4.74 Å². The van der Waals surface area contributed by atoms with Crippen LogP contribution in [-0.4, -0.2) is 40.1 Å². The molecule has 1 N–H and O–H groups in total. The molecule has 1 atom stereocenters. The molecule has 6 heteroatoms. The highest BCUT2D eigenvalue weighted by atomic mass is 16.5. The molecule has 1 aliphatic heterocycles. The minimum atomic E-state index is -0.129. The molecule has 6 nitrogen and oxygen atoms in total. The molecule has 3 heterocycles. The molecular weight excluding hydrogens is 364 g/mol. The van der Waals surface area contributed by atoms with Gasteiger partial charge < -0.3 is 9.72 Å². The van der Waals surface area contributed by atoms with Gasteiger partial charge in [0.25, 0.3) is 5.56 Å². The van der Waals surface area contributed by atoms with Gasteiger partial charge in [-0.2, -0.15) is 0 Å². The van der Waals surface area contributed by atoms with Gasteiger partial charge in [-0.05, 0) is 61.7 Å². The summed E-state index contributed by atoms with van der Waals surface area (Å²) in [7, 11) is 1.71. The molecule has 1 saturated heterocycles. The molecule has 3 aromatic rings. The molecule has 150 valence electrons. The monoisotopic (exact) mass is 390 g/mol. The summed E-state index contributed by atoms with van der Waals surface area (Å²) in [6.07, 6.45) is 2.70. The van der Waals surface area contributed by atoms with E-state index in [1.54, 1.807) is 19.4 Å². The van der Waals surface area contributed by atoms with Crippen LogP contribution in [0.1, 0.15) is 34.7 Å². The zero-order chi connectivity index (χ0) is 20.4. The lowest BCUT2D eigenvalue weighted by atomic mass is 10.0. The van der Waals surface area contributed by atoms with Crippen molar-refractivity contribution in [2.24, 2.45) is 0 Å². The SMILES string of the molecule is COc1ccc(CN2CC[C@H](c3cc(=O)[nH]c(-c4ccccn4)n3)C2)c(C)c1C. The quantitative estimate of drug-likeness (QED) is 0.723. The van der Waals surface area contributed by atoms with Crippen LogP contribution in [0.3, 0.4) is 0 Å². The van der Waals surface area contributed by atoms with E-state index in [4.69, 9.17) is 9.72 Å². The minimum Gasteiger partial charge on any atom is -0.496 e. The molecule has 0 unspecified atom stereocenters. The van der Waals surface area contributed by atoms with Gasteiger partial charge in [0.05, 0.1) is 12.8 Å². The number of methoxy groups -OCH3 is 1. The highest BCUT2D eigenvalue weighted by molar-refractivity contribution is 5.48. The number of aromatic nitrogens is 3. The Hall–Kier alpha value is -2.99. The molecular formula is C23H26N4O2. The number of rotatable bonds is 5. The molecule has 1 aliphatic rings. The van der Waals surface area contributed by atoms with Crippen LogP contribution < -0.4 is 10.3 Å². The summed E-state index contributed by atoms with van der Waals surface area (Å²) in [5, 5.41) is 0. The van der Waals surface area contributed by atoms with Crippen LogP contribution in [0.15, 0.2) is 47.4 Å². The summed E-state index contributed by atoms with van der Waals surface area (Å²) < 4.78 is 5.43. The number of likely N-dealkylation sites (tertiary alicyclic amines) is 1. The minimum absolute atomic E-state index is 0.129. The van der Waals surface area contributed by atoms with Crippen LogP contribution in [0.25, 0.3) is 11.5 Å². The maximum absolute atomic E-state index is 12.2. The summed E-state index contributed by atoms with van der Waals surface area (Å²) in [6, 6.07) is 11.4. The van der Waals surface area contributed by atoms with Gasteiger partial charge in [0.1, 0.15) is 11.4 Å². The predicted octanol–water partition coefficient (Wildman–Crippen LogP) is 3.45. The first kappa shape index (κ1) is 19.3. The van der Waals surface area contributed by atoms with Crippen LogP contribution in [0.5, 0.6) is 5.75 Å². The first-order chi connectivity index (χ1) is 14.0. The van der Waals surface area contributed by atoms with E-state index >= 15 is 0 Å². The zero-order valence-electron chi connectivity index (χ0n) is 17.1. The van der Waals surface area contributed by atoms with Gasteiger partial charge >= 0.3 is 0 Å². The fourth-order valence-corrected chi connectivity index (χ4v) is 4.01. The van der Waals surface area contributed by atoms with Crippen molar-refractivity contribution in [2.75, 3.05) is 20.2 Å².